The normalized spacial score (nSPS) is 15.2. The van der Waals surface area contributed by atoms with Crippen molar-refractivity contribution in [2.24, 2.45) is 0 Å². The molecule has 1 unspecified atom stereocenters. The molecule has 0 fully saturated rings. The summed E-state index contributed by atoms with van der Waals surface area (Å²) in [6.07, 6.45) is 1.96. The molecule has 0 saturated carbocycles. The fourth-order valence-electron chi connectivity index (χ4n) is 3.29. The van der Waals surface area contributed by atoms with E-state index in [-0.39, 0.29) is 23.6 Å². The van der Waals surface area contributed by atoms with E-state index in [0.717, 1.165) is 11.3 Å². The van der Waals surface area contributed by atoms with Crippen molar-refractivity contribution in [3.8, 4) is 17.0 Å². The van der Waals surface area contributed by atoms with Gasteiger partial charge in [-0.3, -0.25) is 9.78 Å². The minimum absolute atomic E-state index is 0.0172. The number of carboxylic acid groups (broad SMARTS) is 1. The summed E-state index contributed by atoms with van der Waals surface area (Å²) in [5, 5.41) is 22.3. The van der Waals surface area contributed by atoms with Gasteiger partial charge in [-0.1, -0.05) is 30.3 Å². The third kappa shape index (κ3) is 3.83. The lowest BCUT2D eigenvalue weighted by atomic mass is 9.72. The van der Waals surface area contributed by atoms with Crippen molar-refractivity contribution in [2.75, 3.05) is 0 Å². The molecule has 0 radical (unpaired) electrons. The van der Waals surface area contributed by atoms with E-state index >= 15 is 0 Å². The molecular formula is C21H17BN2O5. The Labute approximate surface area is 167 Å². The number of nitrogens with one attached hydrogen (secondary N) is 1. The van der Waals surface area contributed by atoms with E-state index in [1.54, 1.807) is 42.6 Å². The second kappa shape index (κ2) is 7.77. The number of carbonyl (C=O) groups is 2. The predicted molar refractivity (Wildman–Crippen MR) is 107 cm³/mol. The Morgan fingerprint density at radius 3 is 2.55 bits per heavy atom. The number of carboxylic acids is 1. The Morgan fingerprint density at radius 1 is 1.07 bits per heavy atom. The maximum Gasteiger partial charge on any atom is 0.547 e. The van der Waals surface area contributed by atoms with Gasteiger partial charge in [-0.2, -0.15) is 0 Å². The third-order valence-electron chi connectivity index (χ3n) is 4.77. The highest BCUT2D eigenvalue weighted by Crippen LogP contribution is 2.30. The van der Waals surface area contributed by atoms with Gasteiger partial charge in [-0.05, 0) is 42.3 Å². The van der Waals surface area contributed by atoms with Crippen LogP contribution in [0, 0.1) is 0 Å². The number of nitrogens with zero attached hydrogens (tertiary/aromatic N) is 1. The summed E-state index contributed by atoms with van der Waals surface area (Å²) < 4.78 is 5.40. The quantitative estimate of drug-likeness (QED) is 0.592. The molecule has 2 heterocycles. The molecule has 0 saturated heterocycles. The smallest absolute Gasteiger partial charge is 0.534 e. The number of hydrogen-bond acceptors (Lipinski definition) is 5. The molecule has 144 valence electrons. The van der Waals surface area contributed by atoms with E-state index in [2.05, 4.69) is 10.3 Å². The molecule has 1 aliphatic heterocycles. The number of aromatic nitrogens is 1. The first-order chi connectivity index (χ1) is 14.0. The summed E-state index contributed by atoms with van der Waals surface area (Å²) in [5.41, 5.74) is 2.73. The van der Waals surface area contributed by atoms with Gasteiger partial charge in [0.15, 0.2) is 0 Å². The molecule has 1 amide bonds. The molecule has 1 aliphatic rings. The van der Waals surface area contributed by atoms with Crippen molar-refractivity contribution in [1.82, 2.24) is 10.3 Å². The standard InChI is InChI=1S/C21H17BN2O5/c25-20(14-9-7-13(8-10-14)17-6-1-2-11-23-17)24-18-12-15-4-3-5-16(21(26)27)19(15)29-22(18)28/h1-11,18,28H,12H2,(H,24,25)(H,26,27). The van der Waals surface area contributed by atoms with E-state index in [1.807, 2.05) is 18.2 Å². The highest BCUT2D eigenvalue weighted by Gasteiger charge is 2.37. The average Bonchev–Trinajstić information content (AvgIpc) is 2.74. The van der Waals surface area contributed by atoms with Crippen LogP contribution in [0.1, 0.15) is 26.3 Å². The van der Waals surface area contributed by atoms with Crippen molar-refractivity contribution in [3.05, 3.63) is 83.6 Å². The van der Waals surface area contributed by atoms with Crippen LogP contribution in [0.2, 0.25) is 0 Å². The molecule has 2 aromatic carbocycles. The topological polar surface area (TPSA) is 109 Å². The zero-order valence-electron chi connectivity index (χ0n) is 15.3. The van der Waals surface area contributed by atoms with Gasteiger partial charge in [-0.15, -0.1) is 0 Å². The van der Waals surface area contributed by atoms with Crippen molar-refractivity contribution in [3.63, 3.8) is 0 Å². The SMILES string of the molecule is O=C(NC1Cc2cccc(C(=O)O)c2OB1O)c1ccc(-c2ccccn2)cc1. The van der Waals surface area contributed by atoms with Gasteiger partial charge in [-0.25, -0.2) is 4.79 Å². The fraction of sp³-hybridized carbons (Fsp3) is 0.0952. The molecular weight excluding hydrogens is 371 g/mol. The molecule has 1 atom stereocenters. The van der Waals surface area contributed by atoms with Gasteiger partial charge in [0.2, 0.25) is 0 Å². The molecule has 0 aliphatic carbocycles. The second-order valence-electron chi connectivity index (χ2n) is 6.68. The molecule has 8 heteroatoms. The maximum absolute atomic E-state index is 12.6. The first kappa shape index (κ1) is 18.7. The minimum Gasteiger partial charge on any atom is -0.534 e. The highest BCUT2D eigenvalue weighted by atomic mass is 16.5. The number of carbonyl (C=O) groups excluding carboxylic acids is 1. The Bertz CT molecular complexity index is 1060. The maximum atomic E-state index is 12.6. The van der Waals surface area contributed by atoms with E-state index < -0.39 is 19.0 Å². The predicted octanol–water partition coefficient (Wildman–Crippen LogP) is 2.20. The lowest BCUT2D eigenvalue weighted by molar-refractivity contribution is 0.0693. The lowest BCUT2D eigenvalue weighted by Crippen LogP contribution is -2.53. The molecule has 7 nitrogen and oxygen atoms in total. The number of amides is 1. The Kier molecular flexibility index (Phi) is 5.01. The van der Waals surface area contributed by atoms with Crippen LogP contribution in [-0.4, -0.2) is 40.1 Å². The number of rotatable bonds is 4. The van der Waals surface area contributed by atoms with Crippen LogP contribution in [0.15, 0.2) is 66.9 Å². The Balaban J connectivity index is 1.49. The van der Waals surface area contributed by atoms with E-state index in [0.29, 0.717) is 11.1 Å². The zero-order valence-corrected chi connectivity index (χ0v) is 15.3. The molecule has 3 aromatic rings. The third-order valence-corrected chi connectivity index (χ3v) is 4.77. The van der Waals surface area contributed by atoms with Crippen LogP contribution in [0.25, 0.3) is 11.3 Å². The molecule has 29 heavy (non-hydrogen) atoms. The largest absolute Gasteiger partial charge is 0.547 e. The zero-order chi connectivity index (χ0) is 20.4. The summed E-state index contributed by atoms with van der Waals surface area (Å²) >= 11 is 0. The number of benzene rings is 2. The van der Waals surface area contributed by atoms with Crippen LogP contribution < -0.4 is 9.97 Å². The number of pyridine rings is 1. The first-order valence-corrected chi connectivity index (χ1v) is 9.05. The Morgan fingerprint density at radius 2 is 1.86 bits per heavy atom. The molecule has 0 spiro atoms. The number of fused-ring (bicyclic) bond motifs is 1. The Hall–Kier alpha value is -3.65. The van der Waals surface area contributed by atoms with Gasteiger partial charge in [0.25, 0.3) is 5.91 Å². The summed E-state index contributed by atoms with van der Waals surface area (Å²) in [4.78, 5) is 28.2. The van der Waals surface area contributed by atoms with Crippen LogP contribution in [0.4, 0.5) is 0 Å². The number of aromatic carboxylic acids is 1. The van der Waals surface area contributed by atoms with Gasteiger partial charge < -0.3 is 20.1 Å². The summed E-state index contributed by atoms with van der Waals surface area (Å²) in [7, 11) is -1.35. The van der Waals surface area contributed by atoms with Crippen LogP contribution >= 0.6 is 0 Å². The number of para-hydroxylation sites is 1. The van der Waals surface area contributed by atoms with Gasteiger partial charge >= 0.3 is 13.1 Å². The first-order valence-electron chi connectivity index (χ1n) is 9.05. The second-order valence-corrected chi connectivity index (χ2v) is 6.68. The van der Waals surface area contributed by atoms with Crippen LogP contribution in [0.3, 0.4) is 0 Å². The molecule has 4 rings (SSSR count). The summed E-state index contributed by atoms with van der Waals surface area (Å²) in [6, 6.07) is 17.3. The fourth-order valence-corrected chi connectivity index (χ4v) is 3.29. The molecule has 1 aromatic heterocycles. The summed E-state index contributed by atoms with van der Waals surface area (Å²) in [5.74, 6) is -2.06. The van der Waals surface area contributed by atoms with Crippen molar-refractivity contribution in [2.45, 2.75) is 12.4 Å². The van der Waals surface area contributed by atoms with Crippen LogP contribution in [-0.2, 0) is 6.42 Å². The monoisotopic (exact) mass is 388 g/mol. The summed E-state index contributed by atoms with van der Waals surface area (Å²) in [6.45, 7) is 0. The molecule has 0 bridgehead atoms. The highest BCUT2D eigenvalue weighted by molar-refractivity contribution is 6.47. The van der Waals surface area contributed by atoms with Crippen LogP contribution in [0.5, 0.6) is 5.75 Å². The molecule has 3 N–H and O–H groups in total. The van der Waals surface area contributed by atoms with Crippen molar-refractivity contribution < 1.29 is 24.4 Å². The van der Waals surface area contributed by atoms with E-state index in [1.165, 1.54) is 6.07 Å². The van der Waals surface area contributed by atoms with Crippen molar-refractivity contribution >= 4 is 19.0 Å². The minimum atomic E-state index is -1.35. The van der Waals surface area contributed by atoms with E-state index in [9.17, 15) is 19.7 Å². The lowest BCUT2D eigenvalue weighted by Gasteiger charge is -2.28. The van der Waals surface area contributed by atoms with Gasteiger partial charge in [0.1, 0.15) is 5.75 Å². The van der Waals surface area contributed by atoms with Gasteiger partial charge in [0.05, 0.1) is 17.2 Å². The van der Waals surface area contributed by atoms with Crippen molar-refractivity contribution in [1.29, 1.82) is 0 Å². The number of hydrogen-bond donors (Lipinski definition) is 3. The average molecular weight is 388 g/mol. The van der Waals surface area contributed by atoms with E-state index in [4.69, 9.17) is 4.65 Å². The van der Waals surface area contributed by atoms with Gasteiger partial charge in [0, 0.05) is 17.3 Å².